The van der Waals surface area contributed by atoms with Gasteiger partial charge in [-0.2, -0.15) is 0 Å². The number of nitrogens with zero attached hydrogens (tertiary/aromatic N) is 1. The molecule has 2 aliphatic rings. The minimum absolute atomic E-state index is 0.179. The number of likely N-dealkylation sites (N-methyl/N-ethyl adjacent to an activating group) is 1. The van der Waals surface area contributed by atoms with E-state index in [-0.39, 0.29) is 18.7 Å². The fourth-order valence-electron chi connectivity index (χ4n) is 2.57. The third kappa shape index (κ3) is 2.71. The van der Waals surface area contributed by atoms with Gasteiger partial charge in [0, 0.05) is 18.6 Å². The molecule has 0 saturated heterocycles. The van der Waals surface area contributed by atoms with Crippen LogP contribution in [0.1, 0.15) is 32.1 Å². The summed E-state index contributed by atoms with van der Waals surface area (Å²) in [7, 11) is 2.11. The first-order valence-electron chi connectivity index (χ1n) is 6.29. The van der Waals surface area contributed by atoms with E-state index < -0.39 is 0 Å². The molecule has 2 saturated carbocycles. The zero-order valence-electron chi connectivity index (χ0n) is 9.73. The fourth-order valence-corrected chi connectivity index (χ4v) is 2.57. The molecular weight excluding hydrogens is 188 g/mol. The molecule has 0 spiro atoms. The number of nitrogens with two attached hydrogens (primary N) is 1. The van der Waals surface area contributed by atoms with E-state index in [1.54, 1.807) is 0 Å². The van der Waals surface area contributed by atoms with Crippen LogP contribution in [0.4, 0.5) is 0 Å². The summed E-state index contributed by atoms with van der Waals surface area (Å²) in [5, 5.41) is 9.43. The van der Waals surface area contributed by atoms with E-state index in [9.17, 15) is 5.11 Å². The standard InChI is InChI=1S/C12H24N2O/c1-14(7-9-3-2-4-9)11(8-15)12(13)10-5-6-10/h9-12,15H,2-8,13H2,1H3. The summed E-state index contributed by atoms with van der Waals surface area (Å²) in [6.45, 7) is 1.33. The maximum absolute atomic E-state index is 9.43. The molecule has 3 N–H and O–H groups in total. The van der Waals surface area contributed by atoms with Gasteiger partial charge in [0.05, 0.1) is 6.61 Å². The number of hydrogen-bond acceptors (Lipinski definition) is 3. The molecular formula is C12H24N2O. The van der Waals surface area contributed by atoms with Gasteiger partial charge in [0.25, 0.3) is 0 Å². The van der Waals surface area contributed by atoms with Gasteiger partial charge in [0.15, 0.2) is 0 Å². The summed E-state index contributed by atoms with van der Waals surface area (Å²) < 4.78 is 0. The molecule has 15 heavy (non-hydrogen) atoms. The van der Waals surface area contributed by atoms with E-state index in [1.165, 1.54) is 32.1 Å². The quantitative estimate of drug-likeness (QED) is 0.685. The summed E-state index contributed by atoms with van der Waals surface area (Å²) in [5.74, 6) is 1.53. The zero-order chi connectivity index (χ0) is 10.8. The molecule has 2 aliphatic carbocycles. The van der Waals surface area contributed by atoms with Crippen LogP contribution in [0.2, 0.25) is 0 Å². The van der Waals surface area contributed by atoms with Crippen LogP contribution in [0.3, 0.4) is 0 Å². The monoisotopic (exact) mass is 212 g/mol. The Bertz CT molecular complexity index is 202. The van der Waals surface area contributed by atoms with Crippen molar-refractivity contribution in [3.8, 4) is 0 Å². The van der Waals surface area contributed by atoms with E-state index in [4.69, 9.17) is 5.73 Å². The summed E-state index contributed by atoms with van der Waals surface area (Å²) in [5.41, 5.74) is 6.17. The molecule has 2 unspecified atom stereocenters. The van der Waals surface area contributed by atoms with Crippen LogP contribution in [0.5, 0.6) is 0 Å². The molecule has 0 radical (unpaired) electrons. The minimum Gasteiger partial charge on any atom is -0.395 e. The SMILES string of the molecule is CN(CC1CCC1)C(CO)C(N)C1CC1. The largest absolute Gasteiger partial charge is 0.395 e. The smallest absolute Gasteiger partial charge is 0.0601 e. The van der Waals surface area contributed by atoms with Crippen LogP contribution in [-0.4, -0.2) is 42.3 Å². The van der Waals surface area contributed by atoms with Crippen molar-refractivity contribution in [1.82, 2.24) is 4.90 Å². The fraction of sp³-hybridized carbons (Fsp3) is 1.00. The highest BCUT2D eigenvalue weighted by molar-refractivity contribution is 4.93. The second-order valence-electron chi connectivity index (χ2n) is 5.40. The van der Waals surface area contributed by atoms with Crippen LogP contribution < -0.4 is 5.73 Å². The Balaban J connectivity index is 1.80. The molecule has 0 aliphatic heterocycles. The van der Waals surface area contributed by atoms with Crippen LogP contribution >= 0.6 is 0 Å². The average Bonchev–Trinajstić information content (AvgIpc) is 2.95. The Morgan fingerprint density at radius 2 is 2.00 bits per heavy atom. The number of rotatable bonds is 6. The molecule has 0 aromatic heterocycles. The summed E-state index contributed by atoms with van der Waals surface area (Å²) in [6.07, 6.45) is 6.63. The maximum atomic E-state index is 9.43. The summed E-state index contributed by atoms with van der Waals surface area (Å²) in [4.78, 5) is 2.28. The lowest BCUT2D eigenvalue weighted by molar-refractivity contribution is 0.0909. The number of aliphatic hydroxyl groups is 1. The van der Waals surface area contributed by atoms with Crippen molar-refractivity contribution in [1.29, 1.82) is 0 Å². The topological polar surface area (TPSA) is 49.5 Å². The van der Waals surface area contributed by atoms with Crippen LogP contribution in [0.25, 0.3) is 0 Å². The van der Waals surface area contributed by atoms with Crippen molar-refractivity contribution in [2.45, 2.75) is 44.2 Å². The van der Waals surface area contributed by atoms with Crippen molar-refractivity contribution in [3.05, 3.63) is 0 Å². The van der Waals surface area contributed by atoms with Gasteiger partial charge in [-0.05, 0) is 44.6 Å². The lowest BCUT2D eigenvalue weighted by atomic mass is 9.84. The number of hydrogen-bond donors (Lipinski definition) is 2. The Kier molecular flexibility index (Phi) is 3.65. The second kappa shape index (κ2) is 4.81. The maximum Gasteiger partial charge on any atom is 0.0601 e. The van der Waals surface area contributed by atoms with Crippen molar-refractivity contribution in [3.63, 3.8) is 0 Å². The van der Waals surface area contributed by atoms with Crippen LogP contribution in [0, 0.1) is 11.8 Å². The molecule has 3 heteroatoms. The van der Waals surface area contributed by atoms with E-state index in [2.05, 4.69) is 11.9 Å². The van der Waals surface area contributed by atoms with Crippen LogP contribution in [-0.2, 0) is 0 Å². The van der Waals surface area contributed by atoms with E-state index in [1.807, 2.05) is 0 Å². The first-order valence-corrected chi connectivity index (χ1v) is 6.29. The molecule has 0 aromatic rings. The van der Waals surface area contributed by atoms with Crippen molar-refractivity contribution < 1.29 is 5.11 Å². The summed E-state index contributed by atoms with van der Waals surface area (Å²) >= 11 is 0. The average molecular weight is 212 g/mol. The number of aliphatic hydroxyl groups excluding tert-OH is 1. The normalized spacial score (nSPS) is 26.4. The first-order chi connectivity index (χ1) is 7.22. The van der Waals surface area contributed by atoms with E-state index >= 15 is 0 Å². The second-order valence-corrected chi connectivity index (χ2v) is 5.40. The van der Waals surface area contributed by atoms with Gasteiger partial charge < -0.3 is 10.8 Å². The van der Waals surface area contributed by atoms with Crippen LogP contribution in [0.15, 0.2) is 0 Å². The molecule has 2 rings (SSSR count). The Hall–Kier alpha value is -0.120. The zero-order valence-corrected chi connectivity index (χ0v) is 9.73. The van der Waals surface area contributed by atoms with Crippen molar-refractivity contribution >= 4 is 0 Å². The lowest BCUT2D eigenvalue weighted by Gasteiger charge is -2.36. The Morgan fingerprint density at radius 1 is 1.33 bits per heavy atom. The molecule has 0 amide bonds. The Morgan fingerprint density at radius 3 is 2.40 bits per heavy atom. The molecule has 0 aromatic carbocycles. The van der Waals surface area contributed by atoms with Crippen molar-refractivity contribution in [2.75, 3.05) is 20.2 Å². The summed E-state index contributed by atoms with van der Waals surface area (Å²) in [6, 6.07) is 0.359. The van der Waals surface area contributed by atoms with Gasteiger partial charge in [-0.25, -0.2) is 0 Å². The highest BCUT2D eigenvalue weighted by Gasteiger charge is 2.36. The van der Waals surface area contributed by atoms with Gasteiger partial charge >= 0.3 is 0 Å². The first kappa shape index (κ1) is 11.4. The molecule has 2 fully saturated rings. The molecule has 0 heterocycles. The van der Waals surface area contributed by atoms with Gasteiger partial charge in [-0.1, -0.05) is 6.42 Å². The predicted octanol–water partition coefficient (Wildman–Crippen LogP) is 0.817. The van der Waals surface area contributed by atoms with Gasteiger partial charge in [-0.15, -0.1) is 0 Å². The van der Waals surface area contributed by atoms with Gasteiger partial charge in [0.2, 0.25) is 0 Å². The Labute approximate surface area is 92.6 Å². The highest BCUT2D eigenvalue weighted by Crippen LogP contribution is 2.34. The van der Waals surface area contributed by atoms with E-state index in [0.29, 0.717) is 5.92 Å². The minimum atomic E-state index is 0.179. The van der Waals surface area contributed by atoms with Gasteiger partial charge in [-0.3, -0.25) is 4.90 Å². The lowest BCUT2D eigenvalue weighted by Crippen LogP contribution is -2.51. The molecule has 2 atom stereocenters. The molecule has 88 valence electrons. The molecule has 0 bridgehead atoms. The third-order valence-corrected chi connectivity index (χ3v) is 4.13. The predicted molar refractivity (Wildman–Crippen MR) is 61.5 cm³/mol. The third-order valence-electron chi connectivity index (χ3n) is 4.13. The highest BCUT2D eigenvalue weighted by atomic mass is 16.3. The van der Waals surface area contributed by atoms with Gasteiger partial charge in [0.1, 0.15) is 0 Å². The molecule has 3 nitrogen and oxygen atoms in total. The van der Waals surface area contributed by atoms with Crippen molar-refractivity contribution in [2.24, 2.45) is 17.6 Å². The van der Waals surface area contributed by atoms with E-state index in [0.717, 1.165) is 12.5 Å².